The first-order valence-electron chi connectivity index (χ1n) is 13.4. The highest BCUT2D eigenvalue weighted by molar-refractivity contribution is 5.74. The lowest BCUT2D eigenvalue weighted by molar-refractivity contribution is 0.222. The molecule has 2 aliphatic carbocycles. The number of pyridine rings is 1. The van der Waals surface area contributed by atoms with Crippen LogP contribution in [-0.4, -0.2) is 39.5 Å². The molecule has 0 atom stereocenters. The standard InChI is InChI=1S/C30H34FN5/c1-3-36-14-10-21(11-15-36)24-8-9-27(32-18-24)34-29-33-19-26(31)28(35-29)23-7-6-22-16-20(2)30(25(22)17-23)12-4-5-13-30/h6-9,16-19,21H,3-5,10-15H2,1-2H3,(H,32,33,34,35). The van der Waals surface area contributed by atoms with Crippen molar-refractivity contribution in [2.24, 2.45) is 0 Å². The van der Waals surface area contributed by atoms with Crippen LogP contribution in [0, 0.1) is 5.82 Å². The molecule has 0 bridgehead atoms. The van der Waals surface area contributed by atoms with Crippen LogP contribution in [0.3, 0.4) is 0 Å². The van der Waals surface area contributed by atoms with Gasteiger partial charge in [-0.05, 0) is 87.0 Å². The Kier molecular flexibility index (Phi) is 6.08. The van der Waals surface area contributed by atoms with Crippen molar-refractivity contribution in [3.63, 3.8) is 0 Å². The lowest BCUT2D eigenvalue weighted by Crippen LogP contribution is -2.32. The van der Waals surface area contributed by atoms with Crippen molar-refractivity contribution in [2.45, 2.75) is 63.7 Å². The van der Waals surface area contributed by atoms with Crippen LogP contribution in [0.25, 0.3) is 17.3 Å². The number of benzene rings is 1. The molecule has 2 aromatic heterocycles. The van der Waals surface area contributed by atoms with Gasteiger partial charge in [0.2, 0.25) is 5.95 Å². The Hall–Kier alpha value is -3.12. The molecular weight excluding hydrogens is 449 g/mol. The quantitative estimate of drug-likeness (QED) is 0.430. The van der Waals surface area contributed by atoms with Crippen molar-refractivity contribution < 1.29 is 4.39 Å². The van der Waals surface area contributed by atoms with Gasteiger partial charge < -0.3 is 10.2 Å². The second-order valence-electron chi connectivity index (χ2n) is 10.6. The predicted octanol–water partition coefficient (Wildman–Crippen LogP) is 6.85. The molecule has 1 aromatic carbocycles. The minimum Gasteiger partial charge on any atom is -0.309 e. The lowest BCUT2D eigenvalue weighted by Gasteiger charge is -2.31. The molecule has 5 nitrogen and oxygen atoms in total. The summed E-state index contributed by atoms with van der Waals surface area (Å²) < 4.78 is 14.9. The van der Waals surface area contributed by atoms with Crippen molar-refractivity contribution in [1.82, 2.24) is 19.9 Å². The van der Waals surface area contributed by atoms with E-state index in [2.05, 4.69) is 63.3 Å². The summed E-state index contributed by atoms with van der Waals surface area (Å²) in [7, 11) is 0. The molecule has 3 aliphatic rings. The Bertz CT molecular complexity index is 1290. The van der Waals surface area contributed by atoms with Crippen LogP contribution < -0.4 is 5.32 Å². The molecule has 0 radical (unpaired) electrons. The molecule has 0 amide bonds. The maximum absolute atomic E-state index is 14.9. The number of piperidine rings is 1. The molecule has 1 saturated carbocycles. The number of allylic oxidation sites excluding steroid dienone is 1. The smallest absolute Gasteiger partial charge is 0.229 e. The zero-order valence-electron chi connectivity index (χ0n) is 21.2. The fraction of sp³-hybridized carbons (Fsp3) is 0.433. The van der Waals surface area contributed by atoms with Crippen LogP contribution in [0.15, 0.2) is 48.3 Å². The summed E-state index contributed by atoms with van der Waals surface area (Å²) in [6.45, 7) is 7.88. The van der Waals surface area contributed by atoms with E-state index in [-0.39, 0.29) is 5.41 Å². The number of fused-ring (bicyclic) bond motifs is 2. The van der Waals surface area contributed by atoms with Crippen LogP contribution in [0.2, 0.25) is 0 Å². The molecule has 1 N–H and O–H groups in total. The van der Waals surface area contributed by atoms with E-state index in [4.69, 9.17) is 0 Å². The SMILES string of the molecule is CCN1CCC(c2ccc(Nc3ncc(F)c(-c4ccc5c(c4)C4(CCCC4)C(C)=C5)n3)nc2)CC1. The van der Waals surface area contributed by atoms with Gasteiger partial charge in [-0.25, -0.2) is 19.3 Å². The van der Waals surface area contributed by atoms with Gasteiger partial charge in [0, 0.05) is 17.2 Å². The molecule has 2 fully saturated rings. The zero-order valence-corrected chi connectivity index (χ0v) is 21.2. The number of hydrogen-bond acceptors (Lipinski definition) is 5. The van der Waals surface area contributed by atoms with E-state index in [1.807, 2.05) is 18.3 Å². The van der Waals surface area contributed by atoms with Crippen molar-refractivity contribution in [1.29, 1.82) is 0 Å². The summed E-state index contributed by atoms with van der Waals surface area (Å²) in [6, 6.07) is 10.4. The highest BCUT2D eigenvalue weighted by Crippen LogP contribution is 2.52. The summed E-state index contributed by atoms with van der Waals surface area (Å²) in [5.74, 6) is 1.17. The summed E-state index contributed by atoms with van der Waals surface area (Å²) in [6.07, 6.45) is 12.7. The van der Waals surface area contributed by atoms with Crippen molar-refractivity contribution in [3.05, 3.63) is 70.8 Å². The van der Waals surface area contributed by atoms with E-state index in [0.29, 0.717) is 23.4 Å². The molecular formula is C30H34FN5. The number of anilines is 2. The molecule has 3 aromatic rings. The van der Waals surface area contributed by atoms with E-state index in [9.17, 15) is 4.39 Å². The van der Waals surface area contributed by atoms with Crippen LogP contribution in [-0.2, 0) is 5.41 Å². The van der Waals surface area contributed by atoms with Gasteiger partial charge in [0.1, 0.15) is 11.5 Å². The maximum atomic E-state index is 14.9. The van der Waals surface area contributed by atoms with E-state index in [1.165, 1.54) is 67.0 Å². The van der Waals surface area contributed by atoms with Gasteiger partial charge in [0.15, 0.2) is 5.82 Å². The third-order valence-corrected chi connectivity index (χ3v) is 8.70. The summed E-state index contributed by atoms with van der Waals surface area (Å²) in [4.78, 5) is 15.9. The maximum Gasteiger partial charge on any atom is 0.229 e. The third kappa shape index (κ3) is 4.11. The average Bonchev–Trinajstić information content (AvgIpc) is 3.51. The monoisotopic (exact) mass is 483 g/mol. The summed E-state index contributed by atoms with van der Waals surface area (Å²) in [5, 5.41) is 3.18. The van der Waals surface area contributed by atoms with Gasteiger partial charge >= 0.3 is 0 Å². The normalized spacial score (nSPS) is 19.5. The van der Waals surface area contributed by atoms with Crippen molar-refractivity contribution in [3.8, 4) is 11.3 Å². The minimum atomic E-state index is -0.412. The highest BCUT2D eigenvalue weighted by Gasteiger charge is 2.41. The Morgan fingerprint density at radius 2 is 1.86 bits per heavy atom. The molecule has 186 valence electrons. The van der Waals surface area contributed by atoms with Crippen molar-refractivity contribution >= 4 is 17.8 Å². The number of rotatable bonds is 5. The van der Waals surface area contributed by atoms with Crippen LogP contribution in [0.4, 0.5) is 16.2 Å². The van der Waals surface area contributed by atoms with Gasteiger partial charge in [-0.15, -0.1) is 0 Å². The molecule has 36 heavy (non-hydrogen) atoms. The zero-order chi connectivity index (χ0) is 24.7. The van der Waals surface area contributed by atoms with E-state index in [0.717, 1.165) is 25.2 Å². The summed E-state index contributed by atoms with van der Waals surface area (Å²) in [5.41, 5.74) is 6.54. The van der Waals surface area contributed by atoms with E-state index >= 15 is 0 Å². The fourth-order valence-electron chi connectivity index (χ4n) is 6.52. The molecule has 3 heterocycles. The number of nitrogens with one attached hydrogen (secondary N) is 1. The molecule has 1 saturated heterocycles. The number of aromatic nitrogens is 3. The van der Waals surface area contributed by atoms with Gasteiger partial charge in [0.25, 0.3) is 0 Å². The van der Waals surface area contributed by atoms with Crippen molar-refractivity contribution in [2.75, 3.05) is 25.0 Å². The lowest BCUT2D eigenvalue weighted by atomic mass is 9.76. The van der Waals surface area contributed by atoms with Gasteiger partial charge in [-0.1, -0.05) is 49.6 Å². The van der Waals surface area contributed by atoms with Gasteiger partial charge in [-0.2, -0.15) is 0 Å². The second-order valence-corrected chi connectivity index (χ2v) is 10.6. The van der Waals surface area contributed by atoms with Crippen LogP contribution >= 0.6 is 0 Å². The van der Waals surface area contributed by atoms with Crippen LogP contribution in [0.1, 0.15) is 75.0 Å². The minimum absolute atomic E-state index is 0.120. The van der Waals surface area contributed by atoms with E-state index < -0.39 is 5.82 Å². The topological polar surface area (TPSA) is 53.9 Å². The number of halogens is 1. The first kappa shape index (κ1) is 23.3. The Labute approximate surface area is 212 Å². The number of nitrogens with zero attached hydrogens (tertiary/aromatic N) is 4. The summed E-state index contributed by atoms with van der Waals surface area (Å²) >= 11 is 0. The molecule has 6 heteroatoms. The highest BCUT2D eigenvalue weighted by atomic mass is 19.1. The van der Waals surface area contributed by atoms with Crippen LogP contribution in [0.5, 0.6) is 0 Å². The number of likely N-dealkylation sites (tertiary alicyclic amines) is 1. The largest absolute Gasteiger partial charge is 0.309 e. The first-order chi connectivity index (χ1) is 17.6. The first-order valence-corrected chi connectivity index (χ1v) is 13.4. The third-order valence-electron chi connectivity index (χ3n) is 8.70. The molecule has 1 aliphatic heterocycles. The van der Waals surface area contributed by atoms with Gasteiger partial charge in [0.05, 0.1) is 6.20 Å². The second kappa shape index (κ2) is 9.40. The average molecular weight is 484 g/mol. The predicted molar refractivity (Wildman–Crippen MR) is 143 cm³/mol. The van der Waals surface area contributed by atoms with E-state index in [1.54, 1.807) is 0 Å². The molecule has 6 rings (SSSR count). The Balaban J connectivity index is 1.22. The van der Waals surface area contributed by atoms with Gasteiger partial charge in [-0.3, -0.25) is 0 Å². The fourth-order valence-corrected chi connectivity index (χ4v) is 6.52. The molecule has 0 unspecified atom stereocenters. The molecule has 1 spiro atoms. The Morgan fingerprint density at radius 3 is 2.58 bits per heavy atom. The number of hydrogen-bond donors (Lipinski definition) is 1. The Morgan fingerprint density at radius 1 is 1.06 bits per heavy atom.